The van der Waals surface area contributed by atoms with Gasteiger partial charge in [0.05, 0.1) is 29.4 Å². The van der Waals surface area contributed by atoms with Crippen molar-refractivity contribution in [1.82, 2.24) is 0 Å². The molecule has 0 atom stereocenters. The molecule has 0 unspecified atom stereocenters. The molecule has 124 valence electrons. The third kappa shape index (κ3) is 3.63. The summed E-state index contributed by atoms with van der Waals surface area (Å²) in [5, 5.41) is 2.01. The van der Waals surface area contributed by atoms with E-state index in [-0.39, 0.29) is 6.29 Å². The van der Waals surface area contributed by atoms with Crippen molar-refractivity contribution >= 4 is 28.5 Å². The summed E-state index contributed by atoms with van der Waals surface area (Å²) in [5.41, 5.74) is 3.98. The van der Waals surface area contributed by atoms with Crippen molar-refractivity contribution in [2.45, 2.75) is 6.29 Å². The maximum atomic E-state index is 5.61. The maximum absolute atomic E-state index is 5.61. The molecule has 0 radical (unpaired) electrons. The third-order valence-electron chi connectivity index (χ3n) is 3.92. The van der Waals surface area contributed by atoms with E-state index in [2.05, 4.69) is 35.1 Å². The highest BCUT2D eigenvalue weighted by Gasteiger charge is 2.22. The van der Waals surface area contributed by atoms with Crippen LogP contribution in [0.3, 0.4) is 0 Å². The Kier molecular flexibility index (Phi) is 4.86. The lowest BCUT2D eigenvalue weighted by atomic mass is 9.99. The molecule has 0 aliphatic carbocycles. The fourth-order valence-corrected chi connectivity index (χ4v) is 3.54. The van der Waals surface area contributed by atoms with Gasteiger partial charge in [-0.15, -0.1) is 11.3 Å². The highest BCUT2D eigenvalue weighted by molar-refractivity contribution is 7.10. The van der Waals surface area contributed by atoms with Crippen LogP contribution < -0.4 is 0 Å². The molecule has 2 aromatic carbocycles. The van der Waals surface area contributed by atoms with Crippen LogP contribution in [-0.2, 0) is 9.47 Å². The number of nitrogens with zero attached hydrogens (tertiary/aromatic N) is 1. The van der Waals surface area contributed by atoms with Crippen LogP contribution in [0.1, 0.15) is 22.3 Å². The van der Waals surface area contributed by atoms with E-state index in [1.807, 2.05) is 47.8 Å². The first kappa shape index (κ1) is 16.0. The van der Waals surface area contributed by atoms with Crippen LogP contribution in [0.2, 0.25) is 0 Å². The van der Waals surface area contributed by atoms with Crippen LogP contribution in [0.4, 0.5) is 5.69 Å². The van der Waals surface area contributed by atoms with Crippen molar-refractivity contribution < 1.29 is 9.47 Å². The Balaban J connectivity index is 1.77. The summed E-state index contributed by atoms with van der Waals surface area (Å²) in [7, 11) is 0. The standard InChI is InChI=1S/C21H17NO2S/c1-3-7-16(8-4-1)18(17-9-5-2-6-10-17)15-22-19-11-14-25-20(19)21-23-12-13-24-21/h1-11,14,21H,12-13H2. The average molecular weight is 347 g/mol. The van der Waals surface area contributed by atoms with Gasteiger partial charge in [0.15, 0.2) is 6.29 Å². The predicted octanol–water partition coefficient (Wildman–Crippen LogP) is 5.23. The Morgan fingerprint density at radius 1 is 0.880 bits per heavy atom. The summed E-state index contributed by atoms with van der Waals surface area (Å²) in [6.07, 6.45) is -0.308. The van der Waals surface area contributed by atoms with E-state index in [9.17, 15) is 0 Å². The van der Waals surface area contributed by atoms with Gasteiger partial charge < -0.3 is 9.47 Å². The topological polar surface area (TPSA) is 30.8 Å². The number of hydrogen-bond acceptors (Lipinski definition) is 4. The molecule has 1 aromatic heterocycles. The number of thiophene rings is 1. The van der Waals surface area contributed by atoms with E-state index in [1.165, 1.54) is 0 Å². The van der Waals surface area contributed by atoms with Crippen molar-refractivity contribution in [3.05, 3.63) is 88.1 Å². The van der Waals surface area contributed by atoms with E-state index in [4.69, 9.17) is 9.47 Å². The molecular formula is C21H17NO2S. The highest BCUT2D eigenvalue weighted by Crippen LogP contribution is 2.36. The van der Waals surface area contributed by atoms with Gasteiger partial charge in [0.25, 0.3) is 0 Å². The van der Waals surface area contributed by atoms with Crippen LogP contribution in [0.25, 0.3) is 5.57 Å². The molecule has 0 bridgehead atoms. The molecule has 1 aliphatic heterocycles. The second-order valence-electron chi connectivity index (χ2n) is 5.57. The summed E-state index contributed by atoms with van der Waals surface area (Å²) in [6.45, 7) is 1.25. The van der Waals surface area contributed by atoms with Gasteiger partial charge in [0.1, 0.15) is 0 Å². The van der Waals surface area contributed by atoms with Crippen LogP contribution in [0.15, 0.2) is 77.1 Å². The van der Waals surface area contributed by atoms with Crippen LogP contribution in [0.5, 0.6) is 0 Å². The van der Waals surface area contributed by atoms with Crippen molar-refractivity contribution in [2.24, 2.45) is 4.99 Å². The van der Waals surface area contributed by atoms with Crippen LogP contribution in [0, 0.1) is 0 Å². The second-order valence-corrected chi connectivity index (χ2v) is 6.52. The second kappa shape index (κ2) is 7.60. The normalized spacial score (nSPS) is 14.2. The maximum Gasteiger partial charge on any atom is 0.195 e. The molecule has 1 saturated heterocycles. The van der Waals surface area contributed by atoms with Crippen molar-refractivity contribution in [3.63, 3.8) is 0 Å². The van der Waals surface area contributed by atoms with Gasteiger partial charge in [-0.25, -0.2) is 4.99 Å². The minimum atomic E-state index is -0.308. The molecule has 4 rings (SSSR count). The Bertz CT molecular complexity index is 848. The first-order valence-corrected chi connectivity index (χ1v) is 9.05. The molecule has 4 heteroatoms. The summed E-state index contributed by atoms with van der Waals surface area (Å²) in [6, 6.07) is 22.4. The summed E-state index contributed by atoms with van der Waals surface area (Å²) >= 11 is 1.60. The van der Waals surface area contributed by atoms with Crippen molar-refractivity contribution in [2.75, 3.05) is 13.2 Å². The zero-order valence-corrected chi connectivity index (χ0v) is 14.4. The van der Waals surface area contributed by atoms with E-state index >= 15 is 0 Å². The molecule has 0 saturated carbocycles. The minimum absolute atomic E-state index is 0.308. The van der Waals surface area contributed by atoms with E-state index in [0.717, 1.165) is 27.3 Å². The Hall–Kier alpha value is -2.49. The van der Waals surface area contributed by atoms with Gasteiger partial charge in [-0.3, -0.25) is 0 Å². The molecule has 0 amide bonds. The lowest BCUT2D eigenvalue weighted by Gasteiger charge is -2.07. The molecule has 0 N–H and O–H groups in total. The average Bonchev–Trinajstić information content (AvgIpc) is 3.35. The molecular weight excluding hydrogens is 330 g/mol. The number of rotatable bonds is 4. The van der Waals surface area contributed by atoms with Crippen LogP contribution in [-0.4, -0.2) is 19.1 Å². The van der Waals surface area contributed by atoms with Gasteiger partial charge in [-0.1, -0.05) is 60.7 Å². The van der Waals surface area contributed by atoms with Gasteiger partial charge in [0, 0.05) is 0 Å². The molecule has 3 nitrogen and oxygen atoms in total. The minimum Gasteiger partial charge on any atom is -0.345 e. The molecule has 3 aromatic rings. The zero-order chi connectivity index (χ0) is 16.9. The summed E-state index contributed by atoms with van der Waals surface area (Å²) in [4.78, 5) is 5.62. The van der Waals surface area contributed by atoms with Crippen molar-refractivity contribution in [3.8, 4) is 0 Å². The number of aliphatic imine (C=N–C) groups is 1. The SMILES string of the molecule is C(=Nc1ccsc1C1OCCO1)=C(c1ccccc1)c1ccccc1. The Labute approximate surface area is 150 Å². The summed E-state index contributed by atoms with van der Waals surface area (Å²) < 4.78 is 11.2. The van der Waals surface area contributed by atoms with Gasteiger partial charge in [-0.2, -0.15) is 0 Å². The Morgan fingerprint density at radius 2 is 1.48 bits per heavy atom. The largest absolute Gasteiger partial charge is 0.345 e. The quantitative estimate of drug-likeness (QED) is 0.605. The monoisotopic (exact) mass is 347 g/mol. The Morgan fingerprint density at radius 3 is 2.08 bits per heavy atom. The van der Waals surface area contributed by atoms with Gasteiger partial charge >= 0.3 is 0 Å². The van der Waals surface area contributed by atoms with E-state index in [1.54, 1.807) is 11.3 Å². The fraction of sp³-hybridized carbons (Fsp3) is 0.143. The molecule has 0 spiro atoms. The first-order valence-electron chi connectivity index (χ1n) is 8.17. The third-order valence-corrected chi connectivity index (χ3v) is 4.85. The van der Waals surface area contributed by atoms with E-state index in [0.29, 0.717) is 13.2 Å². The first-order chi connectivity index (χ1) is 12.4. The summed E-state index contributed by atoms with van der Waals surface area (Å²) in [5.74, 6) is 3.26. The van der Waals surface area contributed by atoms with Gasteiger partial charge in [-0.05, 0) is 28.4 Å². The van der Waals surface area contributed by atoms with Crippen LogP contribution >= 0.6 is 11.3 Å². The predicted molar refractivity (Wildman–Crippen MR) is 101 cm³/mol. The lowest BCUT2D eigenvalue weighted by Crippen LogP contribution is -1.94. The molecule has 1 fully saturated rings. The molecule has 25 heavy (non-hydrogen) atoms. The smallest absolute Gasteiger partial charge is 0.195 e. The molecule has 2 heterocycles. The molecule has 1 aliphatic rings. The number of ether oxygens (including phenoxy) is 2. The van der Waals surface area contributed by atoms with Gasteiger partial charge in [0.2, 0.25) is 0 Å². The number of benzene rings is 2. The van der Waals surface area contributed by atoms with Crippen molar-refractivity contribution in [1.29, 1.82) is 0 Å². The fourth-order valence-electron chi connectivity index (χ4n) is 2.71. The highest BCUT2D eigenvalue weighted by atomic mass is 32.1. The van der Waals surface area contributed by atoms with E-state index < -0.39 is 0 Å². The lowest BCUT2D eigenvalue weighted by molar-refractivity contribution is -0.0408. The number of hydrogen-bond donors (Lipinski definition) is 0. The zero-order valence-electron chi connectivity index (χ0n) is 13.6.